The monoisotopic (exact) mass is 825 g/mol. The third kappa shape index (κ3) is 9.85. The lowest BCUT2D eigenvalue weighted by Crippen LogP contribution is -2.57. The molecule has 1 atom stereocenters. The van der Waals surface area contributed by atoms with Gasteiger partial charge in [-0.25, -0.2) is 13.1 Å². The summed E-state index contributed by atoms with van der Waals surface area (Å²) in [5, 5.41) is 25.2. The number of halogens is 1. The topological polar surface area (TPSA) is 164 Å². The second-order valence-corrected chi connectivity index (χ2v) is 18.5. The van der Waals surface area contributed by atoms with Gasteiger partial charge in [0.25, 0.3) is 21.6 Å². The second-order valence-electron chi connectivity index (χ2n) is 16.8. The van der Waals surface area contributed by atoms with Crippen molar-refractivity contribution in [1.82, 2.24) is 9.62 Å². The van der Waals surface area contributed by atoms with Crippen LogP contribution < -0.4 is 19.7 Å². The van der Waals surface area contributed by atoms with Gasteiger partial charge < -0.3 is 24.8 Å². The molecule has 13 nitrogen and oxygen atoms in total. The van der Waals surface area contributed by atoms with Crippen molar-refractivity contribution in [3.8, 4) is 5.75 Å². The van der Waals surface area contributed by atoms with Gasteiger partial charge in [-0.15, -0.1) is 12.4 Å². The largest absolute Gasteiger partial charge is 0.491 e. The van der Waals surface area contributed by atoms with Crippen LogP contribution in [-0.4, -0.2) is 86.4 Å². The Labute approximate surface area is 342 Å². The van der Waals surface area contributed by atoms with Crippen LogP contribution in [0.3, 0.4) is 0 Å². The first-order chi connectivity index (χ1) is 26.7. The summed E-state index contributed by atoms with van der Waals surface area (Å²) in [6.07, 6.45) is 7.46. The van der Waals surface area contributed by atoms with Crippen LogP contribution in [0.4, 0.5) is 17.1 Å². The first kappa shape index (κ1) is 42.7. The molecule has 15 heteroatoms. The number of amides is 1. The molecular weight excluding hydrogens is 770 g/mol. The molecule has 1 amide bonds. The maximum absolute atomic E-state index is 13.2. The summed E-state index contributed by atoms with van der Waals surface area (Å²) >= 11 is 0. The van der Waals surface area contributed by atoms with Gasteiger partial charge in [0.2, 0.25) is 0 Å². The van der Waals surface area contributed by atoms with Crippen molar-refractivity contribution in [2.75, 3.05) is 49.6 Å². The molecule has 3 aromatic rings. The number of nitrogens with one attached hydrogen (secondary N) is 2. The van der Waals surface area contributed by atoms with Crippen molar-refractivity contribution < 1.29 is 32.7 Å². The molecule has 2 aliphatic heterocycles. The zero-order chi connectivity index (χ0) is 39.7. The number of benzene rings is 3. The highest BCUT2D eigenvalue weighted by atomic mass is 35.5. The molecule has 2 aliphatic carbocycles. The van der Waals surface area contributed by atoms with Crippen LogP contribution in [-0.2, 0) is 14.8 Å². The molecule has 4 fully saturated rings. The van der Waals surface area contributed by atoms with Gasteiger partial charge >= 0.3 is 0 Å². The minimum absolute atomic E-state index is 0. The van der Waals surface area contributed by atoms with E-state index in [-0.39, 0.29) is 46.6 Å². The Kier molecular flexibility index (Phi) is 13.1. The minimum Gasteiger partial charge on any atom is -0.491 e. The van der Waals surface area contributed by atoms with Crippen LogP contribution in [0, 0.1) is 21.4 Å². The summed E-state index contributed by atoms with van der Waals surface area (Å²) in [6, 6.07) is 19.5. The van der Waals surface area contributed by atoms with Crippen molar-refractivity contribution in [3.05, 3.63) is 88.0 Å². The van der Waals surface area contributed by atoms with Gasteiger partial charge in [-0.2, -0.15) is 0 Å². The number of hydrogen-bond donors (Lipinski definition) is 3. The number of carbonyl (C=O) groups is 1. The molecule has 3 aromatic carbocycles. The highest BCUT2D eigenvalue weighted by Gasteiger charge is 2.49. The molecule has 1 spiro atoms. The number of sulfonamides is 1. The van der Waals surface area contributed by atoms with Crippen molar-refractivity contribution in [2.45, 2.75) is 101 Å². The van der Waals surface area contributed by atoms with Crippen LogP contribution in [0.1, 0.15) is 94.1 Å². The van der Waals surface area contributed by atoms with Crippen LogP contribution in [0.5, 0.6) is 5.75 Å². The molecule has 0 bridgehead atoms. The smallest absolute Gasteiger partial charge is 0.293 e. The van der Waals surface area contributed by atoms with E-state index in [0.29, 0.717) is 37.5 Å². The number of nitro groups is 1. The van der Waals surface area contributed by atoms with E-state index in [1.807, 2.05) is 25.1 Å². The van der Waals surface area contributed by atoms with Crippen molar-refractivity contribution in [1.29, 1.82) is 0 Å². The van der Waals surface area contributed by atoms with E-state index in [9.17, 15) is 28.4 Å². The molecule has 0 aromatic heterocycles. The molecule has 2 saturated carbocycles. The fraction of sp³-hybridized carbons (Fsp3) is 0.548. The number of para-hydroxylation sites is 1. The van der Waals surface area contributed by atoms with Crippen LogP contribution in [0.25, 0.3) is 0 Å². The molecule has 2 saturated heterocycles. The Bertz CT molecular complexity index is 1990. The lowest BCUT2D eigenvalue weighted by Gasteiger charge is -2.57. The zero-order valence-electron chi connectivity index (χ0n) is 33.0. The van der Waals surface area contributed by atoms with Gasteiger partial charge in [0, 0.05) is 55.1 Å². The van der Waals surface area contributed by atoms with Gasteiger partial charge in [0.15, 0.2) is 0 Å². The van der Waals surface area contributed by atoms with Crippen molar-refractivity contribution >= 4 is 45.4 Å². The van der Waals surface area contributed by atoms with E-state index in [1.165, 1.54) is 17.7 Å². The van der Waals surface area contributed by atoms with Crippen LogP contribution in [0.2, 0.25) is 0 Å². The second kappa shape index (κ2) is 17.5. The van der Waals surface area contributed by atoms with Crippen molar-refractivity contribution in [3.63, 3.8) is 0 Å². The Balaban J connectivity index is 0.00000549. The van der Waals surface area contributed by atoms with E-state index in [2.05, 4.69) is 51.9 Å². The van der Waals surface area contributed by atoms with E-state index in [4.69, 9.17) is 9.47 Å². The standard InChI is InChI=1S/C42H55N5O8S.ClH/c1-29(2)55-39-7-5-4-6-35(39)38-28-54-23-22-46(38)33-25-42(26-33)18-20-45(21-19-42)32-10-8-31(9-11-32)40(48)44-56(52,53)34-12-13-36(37(24-34)47(50)51)43-27-30-14-16-41(3,49)17-15-30;/h4-13,24,29-30,33,38,43,49H,14-23,25-28H2,1-3H3,(H,44,48);1H/t30?,38-,41?;/m1./s1. The SMILES string of the molecule is CC(C)Oc1ccccc1[C@H]1COCCN1C1CC2(CCN(c3ccc(C(=O)NS(=O)(=O)c4ccc(NCC5CCC(C)(O)CC5)c([N+](=O)[O-])c4)cc3)CC2)C1.Cl. The summed E-state index contributed by atoms with van der Waals surface area (Å²) in [4.78, 5) is 29.0. The summed E-state index contributed by atoms with van der Waals surface area (Å²) < 4.78 is 40.7. The van der Waals surface area contributed by atoms with E-state index < -0.39 is 32.1 Å². The van der Waals surface area contributed by atoms with Gasteiger partial charge in [0.1, 0.15) is 11.4 Å². The first-order valence-electron chi connectivity index (χ1n) is 20.0. The van der Waals surface area contributed by atoms with E-state index in [0.717, 1.165) is 82.3 Å². The number of nitro benzene ring substituents is 1. The Morgan fingerprint density at radius 3 is 2.37 bits per heavy atom. The molecule has 7 rings (SSSR count). The normalized spacial score (nSPS) is 24.0. The van der Waals surface area contributed by atoms with Gasteiger partial charge in [-0.1, -0.05) is 18.2 Å². The maximum atomic E-state index is 13.2. The molecular formula is C42H56ClN5O8S. The number of piperidine rings is 1. The van der Waals surface area contributed by atoms with Gasteiger partial charge in [-0.3, -0.25) is 19.8 Å². The molecule has 4 aliphatic rings. The van der Waals surface area contributed by atoms with Crippen molar-refractivity contribution in [2.24, 2.45) is 11.3 Å². The van der Waals surface area contributed by atoms with E-state index in [1.54, 1.807) is 12.1 Å². The summed E-state index contributed by atoms with van der Waals surface area (Å²) in [5.41, 5.74) is 1.78. The fourth-order valence-corrected chi connectivity index (χ4v) is 10.1. The summed E-state index contributed by atoms with van der Waals surface area (Å²) in [5.74, 6) is 0.357. The number of anilines is 2. The molecule has 0 unspecified atom stereocenters. The number of carbonyl (C=O) groups excluding carboxylic acids is 1. The Morgan fingerprint density at radius 1 is 1.02 bits per heavy atom. The van der Waals surface area contributed by atoms with Gasteiger partial charge in [-0.05, 0) is 126 Å². The molecule has 310 valence electrons. The number of aliphatic hydroxyl groups is 1. The third-order valence-corrected chi connectivity index (χ3v) is 13.7. The molecule has 0 radical (unpaired) electrons. The van der Waals surface area contributed by atoms with Crippen LogP contribution in [0.15, 0.2) is 71.6 Å². The first-order valence-corrected chi connectivity index (χ1v) is 21.5. The highest BCUT2D eigenvalue weighted by molar-refractivity contribution is 7.90. The molecule has 3 N–H and O–H groups in total. The lowest BCUT2D eigenvalue weighted by atomic mass is 9.59. The Morgan fingerprint density at radius 2 is 1.70 bits per heavy atom. The average Bonchev–Trinajstić information content (AvgIpc) is 3.16. The van der Waals surface area contributed by atoms with Crippen LogP contribution >= 0.6 is 12.4 Å². The van der Waals surface area contributed by atoms with E-state index >= 15 is 0 Å². The number of morpholine rings is 1. The van der Waals surface area contributed by atoms with Gasteiger partial charge in [0.05, 0.1) is 40.8 Å². The quantitative estimate of drug-likeness (QED) is 0.126. The predicted molar refractivity (Wildman–Crippen MR) is 222 cm³/mol. The molecule has 57 heavy (non-hydrogen) atoms. The predicted octanol–water partition coefficient (Wildman–Crippen LogP) is 7.10. The number of nitrogens with zero attached hydrogens (tertiary/aromatic N) is 3. The third-order valence-electron chi connectivity index (χ3n) is 12.4. The number of hydrogen-bond acceptors (Lipinski definition) is 11. The highest BCUT2D eigenvalue weighted by Crippen LogP contribution is 2.53. The fourth-order valence-electron chi connectivity index (χ4n) is 9.06. The zero-order valence-corrected chi connectivity index (χ0v) is 34.7. The summed E-state index contributed by atoms with van der Waals surface area (Å²) in [6.45, 7) is 10.5. The Hall–Kier alpha value is -3.95. The molecule has 2 heterocycles. The number of ether oxygens (including phenoxy) is 2. The average molecular weight is 826 g/mol. The maximum Gasteiger partial charge on any atom is 0.293 e. The lowest BCUT2D eigenvalue weighted by molar-refractivity contribution is -0.384. The number of rotatable bonds is 12. The minimum atomic E-state index is -4.39. The summed E-state index contributed by atoms with van der Waals surface area (Å²) in [7, 11) is -4.39.